The van der Waals surface area contributed by atoms with Crippen LogP contribution in [0.5, 0.6) is 5.75 Å². The minimum absolute atomic E-state index is 0.0470. The smallest absolute Gasteiger partial charge is 0.125 e. The molecule has 2 unspecified atom stereocenters. The molecule has 0 aromatic heterocycles. The molecule has 1 aliphatic carbocycles. The third-order valence-corrected chi connectivity index (χ3v) is 4.47. The van der Waals surface area contributed by atoms with Crippen LogP contribution in [0.3, 0.4) is 0 Å². The first-order valence-corrected chi connectivity index (χ1v) is 7.56. The molecule has 2 atom stereocenters. The highest BCUT2D eigenvalue weighted by atomic mass is 16.5. The predicted octanol–water partition coefficient (Wildman–Crippen LogP) is 4.28. The summed E-state index contributed by atoms with van der Waals surface area (Å²) in [6.45, 7) is 4.19. The average Bonchev–Trinajstić information content (AvgIpc) is 2.76. The van der Waals surface area contributed by atoms with Crippen molar-refractivity contribution in [3.63, 3.8) is 0 Å². The first-order chi connectivity index (χ1) is 10.1. The SMILES string of the molecule is CC1(C)CCC(Oc2ccc(-c3ccccc3)cc2)C1O. The highest BCUT2D eigenvalue weighted by Gasteiger charge is 2.42. The van der Waals surface area contributed by atoms with E-state index in [0.717, 1.165) is 18.6 Å². The molecular formula is C19H22O2. The van der Waals surface area contributed by atoms with Gasteiger partial charge >= 0.3 is 0 Å². The molecule has 2 aromatic rings. The second kappa shape index (κ2) is 5.53. The van der Waals surface area contributed by atoms with Gasteiger partial charge in [-0.05, 0) is 41.5 Å². The summed E-state index contributed by atoms with van der Waals surface area (Å²) in [5, 5.41) is 10.3. The lowest BCUT2D eigenvalue weighted by atomic mass is 9.89. The van der Waals surface area contributed by atoms with Crippen molar-refractivity contribution in [1.29, 1.82) is 0 Å². The number of rotatable bonds is 3. The fourth-order valence-corrected chi connectivity index (χ4v) is 2.98. The predicted molar refractivity (Wildman–Crippen MR) is 85.3 cm³/mol. The van der Waals surface area contributed by atoms with Crippen LogP contribution in [0.15, 0.2) is 54.6 Å². The summed E-state index contributed by atoms with van der Waals surface area (Å²) in [6, 6.07) is 18.4. The molecule has 2 nitrogen and oxygen atoms in total. The van der Waals surface area contributed by atoms with Crippen molar-refractivity contribution in [1.82, 2.24) is 0 Å². The molecule has 0 radical (unpaired) electrons. The summed E-state index contributed by atoms with van der Waals surface area (Å²) in [5.74, 6) is 0.830. The van der Waals surface area contributed by atoms with Gasteiger partial charge in [-0.25, -0.2) is 0 Å². The maximum atomic E-state index is 10.3. The van der Waals surface area contributed by atoms with Crippen LogP contribution in [-0.2, 0) is 0 Å². The zero-order chi connectivity index (χ0) is 14.9. The Balaban J connectivity index is 1.71. The summed E-state index contributed by atoms with van der Waals surface area (Å²) in [5.41, 5.74) is 2.33. The van der Waals surface area contributed by atoms with Gasteiger partial charge < -0.3 is 9.84 Å². The van der Waals surface area contributed by atoms with E-state index in [2.05, 4.69) is 38.1 Å². The number of ether oxygens (including phenoxy) is 1. The summed E-state index contributed by atoms with van der Waals surface area (Å²) < 4.78 is 5.96. The van der Waals surface area contributed by atoms with Gasteiger partial charge in [0.1, 0.15) is 11.9 Å². The van der Waals surface area contributed by atoms with Gasteiger partial charge in [-0.2, -0.15) is 0 Å². The van der Waals surface area contributed by atoms with Gasteiger partial charge in [-0.15, -0.1) is 0 Å². The van der Waals surface area contributed by atoms with Crippen molar-refractivity contribution < 1.29 is 9.84 Å². The second-order valence-electron chi connectivity index (χ2n) is 6.52. The molecule has 1 fully saturated rings. The van der Waals surface area contributed by atoms with E-state index < -0.39 is 6.10 Å². The zero-order valence-electron chi connectivity index (χ0n) is 12.6. The van der Waals surface area contributed by atoms with Crippen molar-refractivity contribution in [2.75, 3.05) is 0 Å². The zero-order valence-corrected chi connectivity index (χ0v) is 12.6. The van der Waals surface area contributed by atoms with Crippen LogP contribution in [0.1, 0.15) is 26.7 Å². The van der Waals surface area contributed by atoms with Crippen LogP contribution in [-0.4, -0.2) is 17.3 Å². The summed E-state index contributed by atoms with van der Waals surface area (Å²) in [4.78, 5) is 0. The first-order valence-electron chi connectivity index (χ1n) is 7.56. The molecule has 0 bridgehead atoms. The lowest BCUT2D eigenvalue weighted by Crippen LogP contribution is -2.34. The molecule has 3 rings (SSSR count). The quantitative estimate of drug-likeness (QED) is 0.910. The molecule has 1 aliphatic rings. The summed E-state index contributed by atoms with van der Waals surface area (Å²) >= 11 is 0. The van der Waals surface area contributed by atoms with Crippen molar-refractivity contribution >= 4 is 0 Å². The third kappa shape index (κ3) is 2.96. The van der Waals surface area contributed by atoms with Crippen LogP contribution in [0, 0.1) is 5.41 Å². The van der Waals surface area contributed by atoms with E-state index in [1.807, 2.05) is 30.3 Å². The van der Waals surface area contributed by atoms with Gasteiger partial charge in [0.15, 0.2) is 0 Å². The molecule has 2 aromatic carbocycles. The Morgan fingerprint density at radius 1 is 0.952 bits per heavy atom. The van der Waals surface area contributed by atoms with Gasteiger partial charge in [0, 0.05) is 0 Å². The van der Waals surface area contributed by atoms with E-state index >= 15 is 0 Å². The Morgan fingerprint density at radius 3 is 2.14 bits per heavy atom. The molecule has 2 heteroatoms. The van der Waals surface area contributed by atoms with Gasteiger partial charge in [0.25, 0.3) is 0 Å². The summed E-state index contributed by atoms with van der Waals surface area (Å²) in [7, 11) is 0. The van der Waals surface area contributed by atoms with Crippen LogP contribution in [0.4, 0.5) is 0 Å². The van der Waals surface area contributed by atoms with Crippen LogP contribution in [0.25, 0.3) is 11.1 Å². The Labute approximate surface area is 126 Å². The average molecular weight is 282 g/mol. The van der Waals surface area contributed by atoms with E-state index in [9.17, 15) is 5.11 Å². The largest absolute Gasteiger partial charge is 0.488 e. The molecule has 1 saturated carbocycles. The number of aliphatic hydroxyl groups is 1. The highest BCUT2D eigenvalue weighted by molar-refractivity contribution is 5.63. The number of hydrogen-bond acceptors (Lipinski definition) is 2. The Morgan fingerprint density at radius 2 is 1.57 bits per heavy atom. The second-order valence-corrected chi connectivity index (χ2v) is 6.52. The minimum atomic E-state index is -0.397. The van der Waals surface area contributed by atoms with Gasteiger partial charge in [-0.3, -0.25) is 0 Å². The highest BCUT2D eigenvalue weighted by Crippen LogP contribution is 2.39. The Bertz CT molecular complexity index is 587. The van der Waals surface area contributed by atoms with E-state index in [0.29, 0.717) is 0 Å². The van der Waals surface area contributed by atoms with Gasteiger partial charge in [0.2, 0.25) is 0 Å². The number of hydrogen-bond donors (Lipinski definition) is 1. The van der Waals surface area contributed by atoms with Crippen molar-refractivity contribution in [2.45, 2.75) is 38.9 Å². The van der Waals surface area contributed by atoms with Crippen LogP contribution >= 0.6 is 0 Å². The lowest BCUT2D eigenvalue weighted by Gasteiger charge is -2.25. The Hall–Kier alpha value is -1.80. The van der Waals surface area contributed by atoms with E-state index in [1.54, 1.807) is 0 Å². The standard InChI is InChI=1S/C19H22O2/c1-19(2)13-12-17(18(19)20)21-16-10-8-15(9-11-16)14-6-4-3-5-7-14/h3-11,17-18,20H,12-13H2,1-2H3. The van der Waals surface area contributed by atoms with Crippen LogP contribution < -0.4 is 4.74 Å². The van der Waals surface area contributed by atoms with Gasteiger partial charge in [-0.1, -0.05) is 56.3 Å². The molecule has 1 N–H and O–H groups in total. The fraction of sp³-hybridized carbons (Fsp3) is 0.368. The number of benzene rings is 2. The molecular weight excluding hydrogens is 260 g/mol. The third-order valence-electron chi connectivity index (χ3n) is 4.47. The molecule has 0 heterocycles. The topological polar surface area (TPSA) is 29.5 Å². The molecule has 0 amide bonds. The summed E-state index contributed by atoms with van der Waals surface area (Å²) in [6.07, 6.45) is 1.42. The monoisotopic (exact) mass is 282 g/mol. The van der Waals surface area contributed by atoms with Crippen molar-refractivity contribution in [2.24, 2.45) is 5.41 Å². The van der Waals surface area contributed by atoms with Crippen molar-refractivity contribution in [3.05, 3.63) is 54.6 Å². The van der Waals surface area contributed by atoms with Crippen molar-refractivity contribution in [3.8, 4) is 16.9 Å². The maximum absolute atomic E-state index is 10.3. The molecule has 21 heavy (non-hydrogen) atoms. The van der Waals surface area contributed by atoms with E-state index in [1.165, 1.54) is 11.1 Å². The molecule has 0 aliphatic heterocycles. The molecule has 0 spiro atoms. The first kappa shape index (κ1) is 14.2. The minimum Gasteiger partial charge on any atom is -0.488 e. The van der Waals surface area contributed by atoms with E-state index in [4.69, 9.17) is 4.74 Å². The lowest BCUT2D eigenvalue weighted by molar-refractivity contribution is 0.00493. The van der Waals surface area contributed by atoms with E-state index in [-0.39, 0.29) is 11.5 Å². The fourth-order valence-electron chi connectivity index (χ4n) is 2.98. The van der Waals surface area contributed by atoms with Gasteiger partial charge in [0.05, 0.1) is 6.10 Å². The normalized spacial score (nSPS) is 24.0. The molecule has 110 valence electrons. The molecule has 0 saturated heterocycles. The maximum Gasteiger partial charge on any atom is 0.125 e. The van der Waals surface area contributed by atoms with Crippen LogP contribution in [0.2, 0.25) is 0 Å². The Kier molecular flexibility index (Phi) is 3.73. The number of aliphatic hydroxyl groups excluding tert-OH is 1.